The third-order valence-corrected chi connectivity index (χ3v) is 7.73. The first-order valence-corrected chi connectivity index (χ1v) is 11.5. The van der Waals surface area contributed by atoms with Crippen molar-refractivity contribution in [3.05, 3.63) is 34.6 Å². The van der Waals surface area contributed by atoms with Crippen LogP contribution in [0.2, 0.25) is 5.02 Å². The van der Waals surface area contributed by atoms with Gasteiger partial charge in [-0.2, -0.15) is 4.39 Å². The molecule has 0 amide bonds. The molecule has 0 aromatic heterocycles. The summed E-state index contributed by atoms with van der Waals surface area (Å²) in [6, 6.07) is 1.10. The summed E-state index contributed by atoms with van der Waals surface area (Å²) in [5, 5.41) is -0.309. The van der Waals surface area contributed by atoms with Gasteiger partial charge in [-0.05, 0) is 26.0 Å². The normalized spacial score (nSPS) is 25.8. The topological polar surface area (TPSA) is 57.2 Å². The molecule has 2 saturated heterocycles. The fourth-order valence-corrected chi connectivity index (χ4v) is 5.69. The van der Waals surface area contributed by atoms with E-state index in [0.29, 0.717) is 31.8 Å². The van der Waals surface area contributed by atoms with Crippen LogP contribution in [0.3, 0.4) is 0 Å². The lowest BCUT2D eigenvalue weighted by Gasteiger charge is -2.46. The number of halogens is 4. The van der Waals surface area contributed by atoms with Crippen molar-refractivity contribution in [1.29, 1.82) is 0 Å². The maximum Gasteiger partial charge on any atom is 0.191 e. The van der Waals surface area contributed by atoms with E-state index in [2.05, 4.69) is 14.6 Å². The van der Waals surface area contributed by atoms with Crippen LogP contribution in [-0.4, -0.2) is 61.0 Å². The molecule has 0 bridgehead atoms. The van der Waals surface area contributed by atoms with Crippen molar-refractivity contribution in [1.82, 2.24) is 9.62 Å². The Hall–Kier alpha value is -1.62. The monoisotopic (exact) mass is 476 g/mol. The molecular weight excluding hydrogens is 453 g/mol. The molecule has 0 radical (unpaired) electrons. The van der Waals surface area contributed by atoms with Gasteiger partial charge >= 0.3 is 0 Å². The van der Waals surface area contributed by atoms with E-state index < -0.39 is 39.1 Å². The fourth-order valence-electron chi connectivity index (χ4n) is 4.45. The van der Waals surface area contributed by atoms with Crippen LogP contribution in [0.4, 0.5) is 18.9 Å². The van der Waals surface area contributed by atoms with Gasteiger partial charge in [0.05, 0.1) is 11.3 Å². The Balaban J connectivity index is 1.56. The second kappa shape index (κ2) is 8.73. The SMILES string of the molecule is COC1(C2CN(C)C2)CCN(c2cc(F)c(S(=O)NC3=CCCC(F)=N3)c(F)c2Cl)C1. The summed E-state index contributed by atoms with van der Waals surface area (Å²) in [5.41, 5.74) is -0.202. The number of anilines is 1. The average Bonchev–Trinajstić information content (AvgIpc) is 3.13. The lowest BCUT2D eigenvalue weighted by Crippen LogP contribution is -2.58. The minimum absolute atomic E-state index is 0.0315. The number of allylic oxidation sites excluding steroid dienone is 1. The van der Waals surface area contributed by atoms with E-state index in [1.165, 1.54) is 6.08 Å². The molecule has 11 heteroatoms. The van der Waals surface area contributed by atoms with Gasteiger partial charge < -0.3 is 14.5 Å². The van der Waals surface area contributed by atoms with Gasteiger partial charge in [-0.3, -0.25) is 4.72 Å². The molecule has 2 fully saturated rings. The zero-order chi connectivity index (χ0) is 22.3. The third-order valence-electron chi connectivity index (χ3n) is 6.23. The number of rotatable bonds is 6. The average molecular weight is 477 g/mol. The van der Waals surface area contributed by atoms with E-state index in [9.17, 15) is 13.0 Å². The lowest BCUT2D eigenvalue weighted by molar-refractivity contribution is -0.0909. The maximum atomic E-state index is 15.0. The van der Waals surface area contributed by atoms with Crippen molar-refractivity contribution in [2.75, 3.05) is 45.2 Å². The third kappa shape index (κ3) is 4.22. The molecule has 3 aliphatic heterocycles. The smallest absolute Gasteiger partial charge is 0.191 e. The van der Waals surface area contributed by atoms with Crippen LogP contribution in [0.1, 0.15) is 19.3 Å². The van der Waals surface area contributed by atoms with Gasteiger partial charge in [-0.15, -0.1) is 0 Å². The Kier molecular flexibility index (Phi) is 6.35. The molecule has 31 heavy (non-hydrogen) atoms. The molecule has 2 atom stereocenters. The van der Waals surface area contributed by atoms with Crippen LogP contribution in [0.5, 0.6) is 0 Å². The molecule has 1 aromatic rings. The molecule has 3 heterocycles. The van der Waals surface area contributed by atoms with Crippen LogP contribution >= 0.6 is 11.6 Å². The van der Waals surface area contributed by atoms with Gasteiger partial charge in [0.1, 0.15) is 21.6 Å². The molecule has 2 unspecified atom stereocenters. The van der Waals surface area contributed by atoms with Crippen molar-refractivity contribution in [3.8, 4) is 0 Å². The summed E-state index contributed by atoms with van der Waals surface area (Å²) in [6.07, 6.45) is 2.72. The molecule has 6 nitrogen and oxygen atoms in total. The number of aliphatic imine (C=N–C) groups is 1. The molecule has 1 N–H and O–H groups in total. The van der Waals surface area contributed by atoms with Crippen LogP contribution in [-0.2, 0) is 15.7 Å². The Morgan fingerprint density at radius 3 is 2.74 bits per heavy atom. The van der Waals surface area contributed by atoms with Crippen molar-refractivity contribution in [2.24, 2.45) is 10.9 Å². The number of ether oxygens (including phenoxy) is 1. The van der Waals surface area contributed by atoms with Crippen molar-refractivity contribution < 1.29 is 22.1 Å². The Bertz CT molecular complexity index is 970. The van der Waals surface area contributed by atoms with Crippen LogP contribution in [0, 0.1) is 17.6 Å². The second-order valence-corrected chi connectivity index (χ2v) is 9.71. The van der Waals surface area contributed by atoms with Crippen LogP contribution in [0.25, 0.3) is 0 Å². The second-order valence-electron chi connectivity index (χ2n) is 8.18. The first kappa shape index (κ1) is 22.6. The largest absolute Gasteiger partial charge is 0.376 e. The molecule has 1 aromatic carbocycles. The number of likely N-dealkylation sites (tertiary alicyclic amines) is 1. The molecule has 0 spiro atoms. The quantitative estimate of drug-likeness (QED) is 0.639. The highest BCUT2D eigenvalue weighted by molar-refractivity contribution is 7.83. The van der Waals surface area contributed by atoms with E-state index in [-0.39, 0.29) is 23.0 Å². The standard InChI is InChI=1S/C20H24ClF3N4O2S/c1-27-9-12(10-27)20(30-2)6-7-28(11-20)14-8-13(22)19(18(24)17(14)21)31(29)26-16-5-3-4-15(23)25-16/h5,8,12,26H,3-4,6-7,9-11H2,1-2H3. The number of benzene rings is 1. The minimum atomic E-state index is -2.33. The summed E-state index contributed by atoms with van der Waals surface area (Å²) in [5.74, 6) is -2.44. The highest BCUT2D eigenvalue weighted by Crippen LogP contribution is 2.42. The predicted octanol–water partition coefficient (Wildman–Crippen LogP) is 3.39. The molecule has 0 saturated carbocycles. The number of methoxy groups -OCH3 is 1. The van der Waals surface area contributed by atoms with Gasteiger partial charge in [-0.1, -0.05) is 11.6 Å². The zero-order valence-electron chi connectivity index (χ0n) is 17.3. The minimum Gasteiger partial charge on any atom is -0.376 e. The summed E-state index contributed by atoms with van der Waals surface area (Å²) in [4.78, 5) is 6.86. The van der Waals surface area contributed by atoms with Gasteiger partial charge in [-0.25, -0.2) is 18.0 Å². The molecule has 4 rings (SSSR count). The molecule has 0 aliphatic carbocycles. The summed E-state index contributed by atoms with van der Waals surface area (Å²) < 4.78 is 64.0. The van der Waals surface area contributed by atoms with Crippen molar-refractivity contribution in [3.63, 3.8) is 0 Å². The fraction of sp³-hybridized carbons (Fsp3) is 0.550. The van der Waals surface area contributed by atoms with E-state index in [0.717, 1.165) is 19.2 Å². The predicted molar refractivity (Wildman–Crippen MR) is 114 cm³/mol. The van der Waals surface area contributed by atoms with Crippen LogP contribution in [0.15, 0.2) is 27.9 Å². The van der Waals surface area contributed by atoms with Gasteiger partial charge in [0, 0.05) is 51.7 Å². The first-order valence-electron chi connectivity index (χ1n) is 10.0. The van der Waals surface area contributed by atoms with E-state index in [1.54, 1.807) is 12.0 Å². The van der Waals surface area contributed by atoms with Gasteiger partial charge in [0.15, 0.2) is 22.8 Å². The Morgan fingerprint density at radius 1 is 1.35 bits per heavy atom. The first-order chi connectivity index (χ1) is 14.7. The number of hydrogen-bond acceptors (Lipinski definition) is 5. The number of nitrogens with zero attached hydrogens (tertiary/aromatic N) is 3. The van der Waals surface area contributed by atoms with E-state index in [1.807, 2.05) is 7.05 Å². The van der Waals surface area contributed by atoms with E-state index in [4.69, 9.17) is 16.3 Å². The van der Waals surface area contributed by atoms with Crippen LogP contribution < -0.4 is 9.62 Å². The highest BCUT2D eigenvalue weighted by Gasteiger charge is 2.49. The Labute approximate surface area is 186 Å². The molecule has 170 valence electrons. The molecule has 3 aliphatic rings. The maximum absolute atomic E-state index is 15.0. The van der Waals surface area contributed by atoms with Crippen molar-refractivity contribution >= 4 is 34.2 Å². The van der Waals surface area contributed by atoms with Gasteiger partial charge in [0.25, 0.3) is 0 Å². The number of hydrogen-bond donors (Lipinski definition) is 1. The Morgan fingerprint density at radius 2 is 2.10 bits per heavy atom. The van der Waals surface area contributed by atoms with Gasteiger partial charge in [0.2, 0.25) is 0 Å². The number of nitrogens with one attached hydrogen (secondary N) is 1. The summed E-state index contributed by atoms with van der Waals surface area (Å²) in [6.45, 7) is 2.80. The highest BCUT2D eigenvalue weighted by atomic mass is 35.5. The lowest BCUT2D eigenvalue weighted by atomic mass is 9.81. The van der Waals surface area contributed by atoms with E-state index >= 15 is 4.39 Å². The molecular formula is C20H24ClF3N4O2S. The summed E-state index contributed by atoms with van der Waals surface area (Å²) in [7, 11) is 1.36. The summed E-state index contributed by atoms with van der Waals surface area (Å²) >= 11 is 6.25. The van der Waals surface area contributed by atoms with Crippen molar-refractivity contribution in [2.45, 2.75) is 29.8 Å². The zero-order valence-corrected chi connectivity index (χ0v) is 18.8.